The molecule has 1 rings (SSSR count). The van der Waals surface area contributed by atoms with E-state index in [9.17, 15) is 22.4 Å². The van der Waals surface area contributed by atoms with Crippen molar-refractivity contribution in [3.05, 3.63) is 40.7 Å². The number of benzene rings is 1. The Labute approximate surface area is 89.4 Å². The zero-order chi connectivity index (χ0) is 12.3. The molecule has 1 aromatic carbocycles. The number of alkyl halides is 3. The van der Waals surface area contributed by atoms with Gasteiger partial charge in [0.1, 0.15) is 12.1 Å². The first-order chi connectivity index (χ1) is 7.34. The monoisotopic (exact) mass is 232 g/mol. The number of carbonyl (C=O) groups is 1. The van der Waals surface area contributed by atoms with Crippen molar-refractivity contribution in [2.24, 2.45) is 0 Å². The summed E-state index contributed by atoms with van der Waals surface area (Å²) in [5, 5.41) is 0. The summed E-state index contributed by atoms with van der Waals surface area (Å²) in [5.74, 6) is -1.33. The number of aldehydes is 1. The van der Waals surface area contributed by atoms with Gasteiger partial charge in [-0.25, -0.2) is 4.39 Å². The third-order valence-electron chi connectivity index (χ3n) is 1.88. The third-order valence-corrected chi connectivity index (χ3v) is 1.88. The van der Waals surface area contributed by atoms with Gasteiger partial charge in [0.15, 0.2) is 0 Å². The second-order valence-electron chi connectivity index (χ2n) is 3.24. The van der Waals surface area contributed by atoms with Crippen LogP contribution in [-0.4, -0.2) is 6.29 Å². The van der Waals surface area contributed by atoms with Gasteiger partial charge < -0.3 is 0 Å². The predicted octanol–water partition coefficient (Wildman–Crippen LogP) is 3.45. The standard InChI is InChI=1S/C11H8F4O/c1-7(6-16)4-8-2-3-10(12)9(5-8)11(13,14)15/h2-6H,1H3/b7-4-. The molecule has 86 valence electrons. The Bertz CT molecular complexity index is 432. The molecule has 0 saturated carbocycles. The van der Waals surface area contributed by atoms with Gasteiger partial charge in [-0.15, -0.1) is 0 Å². The van der Waals surface area contributed by atoms with Crippen LogP contribution in [0, 0.1) is 5.82 Å². The van der Waals surface area contributed by atoms with Gasteiger partial charge in [0, 0.05) is 0 Å². The first kappa shape index (κ1) is 12.4. The molecule has 0 unspecified atom stereocenters. The van der Waals surface area contributed by atoms with Crippen LogP contribution in [0.5, 0.6) is 0 Å². The van der Waals surface area contributed by atoms with Gasteiger partial charge in [0.05, 0.1) is 5.56 Å². The Balaban J connectivity index is 3.23. The van der Waals surface area contributed by atoms with Crippen LogP contribution in [0.1, 0.15) is 18.1 Å². The number of carbonyl (C=O) groups excluding carboxylic acids is 1. The summed E-state index contributed by atoms with van der Waals surface area (Å²) in [5.41, 5.74) is -0.932. The lowest BCUT2D eigenvalue weighted by atomic mass is 10.1. The minimum Gasteiger partial charge on any atom is -0.298 e. The van der Waals surface area contributed by atoms with Crippen LogP contribution in [0.15, 0.2) is 23.8 Å². The fourth-order valence-electron chi connectivity index (χ4n) is 1.15. The van der Waals surface area contributed by atoms with Crippen molar-refractivity contribution in [2.75, 3.05) is 0 Å². The largest absolute Gasteiger partial charge is 0.419 e. The fraction of sp³-hybridized carbons (Fsp3) is 0.182. The molecule has 16 heavy (non-hydrogen) atoms. The van der Waals surface area contributed by atoms with Gasteiger partial charge in [-0.1, -0.05) is 6.07 Å². The van der Waals surface area contributed by atoms with Gasteiger partial charge in [0.2, 0.25) is 0 Å². The predicted molar refractivity (Wildman–Crippen MR) is 51.1 cm³/mol. The molecule has 1 aromatic rings. The van der Waals surface area contributed by atoms with E-state index in [1.165, 1.54) is 19.1 Å². The topological polar surface area (TPSA) is 17.1 Å². The van der Waals surface area contributed by atoms with Crippen molar-refractivity contribution in [3.63, 3.8) is 0 Å². The molecular formula is C11H8F4O. The summed E-state index contributed by atoms with van der Waals surface area (Å²) in [6.45, 7) is 1.45. The van der Waals surface area contributed by atoms with E-state index in [0.29, 0.717) is 12.4 Å². The summed E-state index contributed by atoms with van der Waals surface area (Å²) in [4.78, 5) is 10.3. The lowest BCUT2D eigenvalue weighted by Gasteiger charge is -2.08. The molecule has 0 radical (unpaired) electrons. The van der Waals surface area contributed by atoms with Crippen LogP contribution in [0.3, 0.4) is 0 Å². The van der Waals surface area contributed by atoms with E-state index in [1.807, 2.05) is 0 Å². The number of hydrogen-bond acceptors (Lipinski definition) is 1. The summed E-state index contributed by atoms with van der Waals surface area (Å²) < 4.78 is 49.8. The molecule has 0 heterocycles. The third kappa shape index (κ3) is 2.92. The molecule has 0 atom stereocenters. The van der Waals surface area contributed by atoms with Crippen molar-refractivity contribution in [1.29, 1.82) is 0 Å². The zero-order valence-corrected chi connectivity index (χ0v) is 8.31. The number of rotatable bonds is 2. The highest BCUT2D eigenvalue weighted by atomic mass is 19.4. The Morgan fingerprint density at radius 2 is 1.94 bits per heavy atom. The van der Waals surface area contributed by atoms with Crippen LogP contribution >= 0.6 is 0 Å². The van der Waals surface area contributed by atoms with E-state index in [1.54, 1.807) is 0 Å². The number of hydrogen-bond donors (Lipinski definition) is 0. The highest BCUT2D eigenvalue weighted by Gasteiger charge is 2.33. The average molecular weight is 232 g/mol. The van der Waals surface area contributed by atoms with Gasteiger partial charge >= 0.3 is 6.18 Å². The normalized spacial score (nSPS) is 12.7. The Kier molecular flexibility index (Phi) is 3.47. The van der Waals surface area contributed by atoms with E-state index in [2.05, 4.69) is 0 Å². The number of halogens is 4. The van der Waals surface area contributed by atoms with Gasteiger partial charge in [0.25, 0.3) is 0 Å². The fourth-order valence-corrected chi connectivity index (χ4v) is 1.15. The minimum atomic E-state index is -4.73. The van der Waals surface area contributed by atoms with Crippen molar-refractivity contribution in [1.82, 2.24) is 0 Å². The molecule has 0 bridgehead atoms. The molecule has 0 aromatic heterocycles. The van der Waals surface area contributed by atoms with Crippen LogP contribution in [0.25, 0.3) is 6.08 Å². The molecule has 0 aliphatic heterocycles. The van der Waals surface area contributed by atoms with Gasteiger partial charge in [-0.3, -0.25) is 4.79 Å². The second kappa shape index (κ2) is 4.47. The molecule has 5 heteroatoms. The maximum Gasteiger partial charge on any atom is 0.419 e. The Morgan fingerprint density at radius 3 is 2.44 bits per heavy atom. The maximum atomic E-state index is 12.9. The summed E-state index contributed by atoms with van der Waals surface area (Å²) >= 11 is 0. The lowest BCUT2D eigenvalue weighted by Crippen LogP contribution is -2.08. The summed E-state index contributed by atoms with van der Waals surface area (Å²) in [6, 6.07) is 2.58. The first-order valence-corrected chi connectivity index (χ1v) is 4.35. The van der Waals surface area contributed by atoms with E-state index in [0.717, 1.165) is 6.07 Å². The highest BCUT2D eigenvalue weighted by molar-refractivity contribution is 5.80. The molecular weight excluding hydrogens is 224 g/mol. The van der Waals surface area contributed by atoms with Crippen molar-refractivity contribution >= 4 is 12.4 Å². The van der Waals surface area contributed by atoms with Crippen LogP contribution in [0.4, 0.5) is 17.6 Å². The van der Waals surface area contributed by atoms with Crippen molar-refractivity contribution in [3.8, 4) is 0 Å². The molecule has 0 saturated heterocycles. The zero-order valence-electron chi connectivity index (χ0n) is 8.31. The van der Waals surface area contributed by atoms with Gasteiger partial charge in [-0.2, -0.15) is 13.2 Å². The second-order valence-corrected chi connectivity index (χ2v) is 3.24. The summed E-state index contributed by atoms with van der Waals surface area (Å²) in [7, 11) is 0. The molecule has 0 spiro atoms. The smallest absolute Gasteiger partial charge is 0.298 e. The van der Waals surface area contributed by atoms with Crippen molar-refractivity contribution < 1.29 is 22.4 Å². The SMILES string of the molecule is C/C(C=O)=C/c1ccc(F)c(C(F)(F)F)c1. The van der Waals surface area contributed by atoms with Crippen LogP contribution in [-0.2, 0) is 11.0 Å². The molecule has 1 nitrogen and oxygen atoms in total. The minimum absolute atomic E-state index is 0.137. The molecule has 0 aliphatic rings. The van der Waals surface area contributed by atoms with Crippen LogP contribution in [0.2, 0.25) is 0 Å². The highest BCUT2D eigenvalue weighted by Crippen LogP contribution is 2.32. The molecule has 0 fully saturated rings. The average Bonchev–Trinajstić information content (AvgIpc) is 2.19. The van der Waals surface area contributed by atoms with E-state index in [-0.39, 0.29) is 11.1 Å². The lowest BCUT2D eigenvalue weighted by molar-refractivity contribution is -0.140. The summed E-state index contributed by atoms with van der Waals surface area (Å²) in [6.07, 6.45) is -2.97. The Morgan fingerprint density at radius 1 is 1.31 bits per heavy atom. The molecule has 0 N–H and O–H groups in total. The Hall–Kier alpha value is -1.65. The van der Waals surface area contributed by atoms with Crippen LogP contribution < -0.4 is 0 Å². The van der Waals surface area contributed by atoms with E-state index < -0.39 is 17.6 Å². The molecule has 0 amide bonds. The van der Waals surface area contributed by atoms with E-state index >= 15 is 0 Å². The molecule has 0 aliphatic carbocycles. The quantitative estimate of drug-likeness (QED) is 0.433. The van der Waals surface area contributed by atoms with E-state index in [4.69, 9.17) is 0 Å². The number of allylic oxidation sites excluding steroid dienone is 1. The first-order valence-electron chi connectivity index (χ1n) is 4.35. The van der Waals surface area contributed by atoms with Crippen molar-refractivity contribution in [2.45, 2.75) is 13.1 Å². The maximum absolute atomic E-state index is 12.9. The van der Waals surface area contributed by atoms with Gasteiger partial charge in [-0.05, 0) is 36.3 Å².